The molecule has 1 saturated heterocycles. The number of nitrogens with zero attached hydrogens (tertiary/aromatic N) is 1. The van der Waals surface area contributed by atoms with Gasteiger partial charge in [-0.25, -0.2) is 4.79 Å². The van der Waals surface area contributed by atoms with Crippen LogP contribution in [0.4, 0.5) is 23.7 Å². The molecule has 1 heterocycles. The van der Waals surface area contributed by atoms with Crippen LogP contribution in [-0.4, -0.2) is 33.7 Å². The van der Waals surface area contributed by atoms with Gasteiger partial charge in [0.2, 0.25) is 5.72 Å². The molecule has 0 spiro atoms. The molecule has 0 saturated carbocycles. The second-order valence-corrected chi connectivity index (χ2v) is 6.90. The van der Waals surface area contributed by atoms with Crippen molar-refractivity contribution in [3.8, 4) is 0 Å². The lowest BCUT2D eigenvalue weighted by molar-refractivity contribution is -0.385. The molecule has 0 radical (unpaired) electrons. The number of aryl methyl sites for hydroxylation is 1. The second kappa shape index (κ2) is 7.41. The fourth-order valence-electron chi connectivity index (χ4n) is 3.35. The Labute approximate surface area is 167 Å². The lowest BCUT2D eigenvalue weighted by Crippen LogP contribution is -2.72. The Bertz CT molecular complexity index is 1010. The maximum atomic E-state index is 13.8. The van der Waals surface area contributed by atoms with Crippen LogP contribution in [0.3, 0.4) is 0 Å². The van der Waals surface area contributed by atoms with Crippen LogP contribution in [0.25, 0.3) is 0 Å². The number of alkyl halides is 3. The number of halogens is 3. The standard InChI is InChI=1S/C19H16F3N3O5/c1-10-5-7-11(8-6-10)16(26)14-15(12-3-2-4-13(9-12)25(29)30)23-17(27)24-18(14,28)19(20,21)22/h2-9,14-15,28H,1H3,(H2,23,24,27). The zero-order valence-electron chi connectivity index (χ0n) is 15.4. The minimum atomic E-state index is -5.41. The summed E-state index contributed by atoms with van der Waals surface area (Å²) in [6.45, 7) is 1.72. The summed E-state index contributed by atoms with van der Waals surface area (Å²) in [7, 11) is 0. The number of nitrogens with one attached hydrogen (secondary N) is 2. The molecule has 0 aliphatic carbocycles. The van der Waals surface area contributed by atoms with E-state index >= 15 is 0 Å². The molecule has 3 rings (SSSR count). The molecular formula is C19H16F3N3O5. The highest BCUT2D eigenvalue weighted by Crippen LogP contribution is 2.44. The van der Waals surface area contributed by atoms with E-state index < -0.39 is 46.3 Å². The third-order valence-corrected chi connectivity index (χ3v) is 4.86. The van der Waals surface area contributed by atoms with Gasteiger partial charge in [0.1, 0.15) is 5.92 Å². The summed E-state index contributed by atoms with van der Waals surface area (Å²) in [5.74, 6) is -3.35. The molecule has 1 aliphatic rings. The van der Waals surface area contributed by atoms with Crippen LogP contribution < -0.4 is 10.6 Å². The summed E-state index contributed by atoms with van der Waals surface area (Å²) >= 11 is 0. The highest BCUT2D eigenvalue weighted by Gasteiger charge is 2.66. The number of benzene rings is 2. The van der Waals surface area contributed by atoms with Crippen LogP contribution in [-0.2, 0) is 0 Å². The Kier molecular flexibility index (Phi) is 5.25. The number of urea groups is 1. The van der Waals surface area contributed by atoms with Gasteiger partial charge in [-0.3, -0.25) is 14.9 Å². The summed E-state index contributed by atoms with van der Waals surface area (Å²) in [5, 5.41) is 25.1. The van der Waals surface area contributed by atoms with E-state index in [1.54, 1.807) is 6.92 Å². The molecule has 1 aliphatic heterocycles. The summed E-state index contributed by atoms with van der Waals surface area (Å²) in [6, 6.07) is 7.07. The Hall–Kier alpha value is -3.47. The van der Waals surface area contributed by atoms with Gasteiger partial charge >= 0.3 is 12.2 Å². The fraction of sp³-hybridized carbons (Fsp3) is 0.263. The first-order valence-electron chi connectivity index (χ1n) is 8.67. The van der Waals surface area contributed by atoms with Gasteiger partial charge < -0.3 is 15.7 Å². The number of ketones is 1. The van der Waals surface area contributed by atoms with Crippen LogP contribution in [0.15, 0.2) is 48.5 Å². The first kappa shape index (κ1) is 21.2. The topological polar surface area (TPSA) is 122 Å². The van der Waals surface area contributed by atoms with Gasteiger partial charge in [-0.2, -0.15) is 13.2 Å². The number of amides is 2. The van der Waals surface area contributed by atoms with Crippen molar-refractivity contribution in [3.63, 3.8) is 0 Å². The molecular weight excluding hydrogens is 407 g/mol. The van der Waals surface area contributed by atoms with Crippen molar-refractivity contribution in [3.05, 3.63) is 75.3 Å². The number of carbonyl (C=O) groups is 2. The maximum Gasteiger partial charge on any atom is 0.437 e. The van der Waals surface area contributed by atoms with Crippen molar-refractivity contribution in [1.29, 1.82) is 0 Å². The van der Waals surface area contributed by atoms with Crippen LogP contribution in [0, 0.1) is 23.0 Å². The lowest BCUT2D eigenvalue weighted by atomic mass is 9.77. The molecule has 0 bridgehead atoms. The predicted molar refractivity (Wildman–Crippen MR) is 97.5 cm³/mol. The van der Waals surface area contributed by atoms with Gasteiger partial charge in [-0.1, -0.05) is 42.0 Å². The van der Waals surface area contributed by atoms with E-state index in [-0.39, 0.29) is 11.1 Å². The Morgan fingerprint density at radius 2 is 1.83 bits per heavy atom. The van der Waals surface area contributed by atoms with Crippen molar-refractivity contribution in [1.82, 2.24) is 10.6 Å². The van der Waals surface area contributed by atoms with Gasteiger partial charge in [0.25, 0.3) is 5.69 Å². The molecule has 2 aromatic rings. The number of nitro groups is 1. The summed E-state index contributed by atoms with van der Waals surface area (Å²) in [4.78, 5) is 35.3. The third kappa shape index (κ3) is 3.71. The van der Waals surface area contributed by atoms with Crippen molar-refractivity contribution in [2.45, 2.75) is 24.9 Å². The largest absolute Gasteiger partial charge is 0.437 e. The highest BCUT2D eigenvalue weighted by molar-refractivity contribution is 6.00. The minimum absolute atomic E-state index is 0.123. The second-order valence-electron chi connectivity index (χ2n) is 6.90. The first-order valence-corrected chi connectivity index (χ1v) is 8.67. The number of rotatable bonds is 4. The predicted octanol–water partition coefficient (Wildman–Crippen LogP) is 3.01. The number of carbonyl (C=O) groups excluding carboxylic acids is 2. The summed E-state index contributed by atoms with van der Waals surface area (Å²) < 4.78 is 41.5. The van der Waals surface area contributed by atoms with E-state index in [9.17, 15) is 38.0 Å². The van der Waals surface area contributed by atoms with Crippen molar-refractivity contribution in [2.75, 3.05) is 0 Å². The van der Waals surface area contributed by atoms with E-state index in [0.717, 1.165) is 17.7 Å². The summed E-state index contributed by atoms with van der Waals surface area (Å²) in [5.41, 5.74) is -3.85. The average Bonchev–Trinajstić information content (AvgIpc) is 2.66. The van der Waals surface area contributed by atoms with Crippen LogP contribution in [0.2, 0.25) is 0 Å². The van der Waals surface area contributed by atoms with Crippen molar-refractivity contribution in [2.24, 2.45) is 5.92 Å². The highest BCUT2D eigenvalue weighted by atomic mass is 19.4. The molecule has 2 aromatic carbocycles. The number of Topliss-reactive ketones (excluding diaryl/α,β-unsaturated/α-hetero) is 1. The number of aliphatic hydroxyl groups is 1. The van der Waals surface area contributed by atoms with Crippen LogP contribution in [0.1, 0.15) is 27.5 Å². The molecule has 8 nitrogen and oxygen atoms in total. The molecule has 3 N–H and O–H groups in total. The molecule has 11 heteroatoms. The van der Waals surface area contributed by atoms with E-state index in [4.69, 9.17) is 0 Å². The van der Waals surface area contributed by atoms with Gasteiger partial charge in [0, 0.05) is 17.7 Å². The first-order chi connectivity index (χ1) is 13.9. The average molecular weight is 423 g/mol. The van der Waals surface area contributed by atoms with E-state index in [1.165, 1.54) is 41.7 Å². The van der Waals surface area contributed by atoms with E-state index in [1.807, 2.05) is 0 Å². The zero-order valence-corrected chi connectivity index (χ0v) is 15.4. The molecule has 2 amide bonds. The molecule has 3 atom stereocenters. The normalized spacial score (nSPS) is 24.0. The van der Waals surface area contributed by atoms with Crippen LogP contribution >= 0.6 is 0 Å². The van der Waals surface area contributed by atoms with Gasteiger partial charge in [0.15, 0.2) is 5.78 Å². The Morgan fingerprint density at radius 1 is 1.20 bits per heavy atom. The van der Waals surface area contributed by atoms with Gasteiger partial charge in [-0.05, 0) is 12.5 Å². The van der Waals surface area contributed by atoms with Crippen molar-refractivity contribution < 1.29 is 32.8 Å². The fourth-order valence-corrected chi connectivity index (χ4v) is 3.35. The molecule has 30 heavy (non-hydrogen) atoms. The summed E-state index contributed by atoms with van der Waals surface area (Å²) in [6.07, 6.45) is -5.41. The Morgan fingerprint density at radius 3 is 2.40 bits per heavy atom. The number of nitro benzene ring substituents is 1. The molecule has 158 valence electrons. The SMILES string of the molecule is Cc1ccc(C(=O)C2C(c3cccc([N+](=O)[O-])c3)NC(=O)NC2(O)C(F)(F)F)cc1. The van der Waals surface area contributed by atoms with Gasteiger partial charge in [-0.15, -0.1) is 0 Å². The van der Waals surface area contributed by atoms with Gasteiger partial charge in [0.05, 0.1) is 11.0 Å². The molecule has 0 aromatic heterocycles. The quantitative estimate of drug-likeness (QED) is 0.397. The maximum absolute atomic E-state index is 13.8. The number of hydrogen-bond donors (Lipinski definition) is 3. The smallest absolute Gasteiger partial charge is 0.363 e. The minimum Gasteiger partial charge on any atom is -0.363 e. The lowest BCUT2D eigenvalue weighted by Gasteiger charge is -2.45. The Balaban J connectivity index is 2.18. The van der Waals surface area contributed by atoms with Crippen molar-refractivity contribution >= 4 is 17.5 Å². The number of non-ortho nitro benzene ring substituents is 1. The zero-order chi connectivity index (χ0) is 22.3. The monoisotopic (exact) mass is 423 g/mol. The van der Waals surface area contributed by atoms with E-state index in [2.05, 4.69) is 5.32 Å². The van der Waals surface area contributed by atoms with Crippen LogP contribution in [0.5, 0.6) is 0 Å². The number of hydrogen-bond acceptors (Lipinski definition) is 5. The van der Waals surface area contributed by atoms with E-state index in [0.29, 0.717) is 0 Å². The third-order valence-electron chi connectivity index (χ3n) is 4.86. The molecule has 3 unspecified atom stereocenters. The molecule has 1 fully saturated rings.